The molecule has 0 unspecified atom stereocenters. The second kappa shape index (κ2) is 47.3. The Hall–Kier alpha value is -10.4. The van der Waals surface area contributed by atoms with E-state index < -0.39 is 19.1 Å². The van der Waals surface area contributed by atoms with Gasteiger partial charge in [-0.25, -0.2) is 0 Å². The van der Waals surface area contributed by atoms with Crippen LogP contribution in [0.2, 0.25) is 0 Å². The smallest absolute Gasteiger partial charge is 0.133 e. The van der Waals surface area contributed by atoms with E-state index >= 15 is 0 Å². The van der Waals surface area contributed by atoms with Gasteiger partial charge in [-0.2, -0.15) is 25.5 Å². The van der Waals surface area contributed by atoms with Crippen LogP contribution in [0.4, 0.5) is 0 Å². The van der Waals surface area contributed by atoms with Crippen molar-refractivity contribution in [2.45, 2.75) is 227 Å². The van der Waals surface area contributed by atoms with Crippen LogP contribution < -0.4 is 0 Å². The monoisotopic (exact) mass is 2700 g/mol. The standard InChI is InChI=1S/C27H28N3.C26H26N3.C22H26N3.C21H24N3.C20H22N3.5Ir/c1-18-11-7-8-16-23(18)21-14-10-15-22(17-21)25-28-29-26(27(4,5)6)30(25)24-19(2)12-9-13-20(24)3;1-18-11-9-12-19(2)23(18)29-24(27-28-25(29)26(3,4)5)22-16-10-15-21(17-22)20-13-7-6-8-14-20;1-6-16-14-11-15-17(7-2)19(16)25-20(18-12-9-8-10-13-18)23-24-21(25)22(3,4)5;1-14-9-7-12-17(13-14)19-22-23-20(21(4,5)6)24(19)18-15(2)10-8-11-16(18)3;1-14-10-9-11-15(2)17(14)23-18(16-12-7-6-8-13-16)21-22-19(23)20(3,4)5;;;;;/h7-14,16-17H,1-6H3;6-15,17H,1-5H3;8-12,14-15H,6-7H2,1-5H3;7-11,13H,1-6H3;6-12H,1-5H3;;;;;/q5*-1;;;;;/i;;;;1D3,2D3;;;;;. The summed E-state index contributed by atoms with van der Waals surface area (Å²) in [6.45, 7) is 48.3. The van der Waals surface area contributed by atoms with Crippen molar-refractivity contribution in [3.8, 4) is 108 Å². The molecular weight excluding hydrogens is 2560 g/mol. The molecule has 0 atom stereocenters. The van der Waals surface area contributed by atoms with E-state index in [9.17, 15) is 0 Å². The summed E-state index contributed by atoms with van der Waals surface area (Å²) < 4.78 is 58.5. The Morgan fingerprint density at radius 2 is 0.515 bits per heavy atom. The molecule has 5 heterocycles. The van der Waals surface area contributed by atoms with E-state index in [-0.39, 0.29) is 139 Å². The summed E-state index contributed by atoms with van der Waals surface area (Å²) in [4.78, 5) is 0. The van der Waals surface area contributed by atoms with Gasteiger partial charge in [-0.1, -0.05) is 270 Å². The first-order valence-corrected chi connectivity index (χ1v) is 45.0. The van der Waals surface area contributed by atoms with E-state index in [2.05, 4.69) is 404 Å². The topological polar surface area (TPSA) is 154 Å². The molecule has 0 N–H and O–H groups in total. The molecule has 15 nitrogen and oxygen atoms in total. The Balaban J connectivity index is 0.000000216. The van der Waals surface area contributed by atoms with E-state index in [0.717, 1.165) is 110 Å². The summed E-state index contributed by atoms with van der Waals surface area (Å²) in [5.74, 6) is 8.01. The molecule has 0 aliphatic rings. The molecule has 20 heteroatoms. The van der Waals surface area contributed by atoms with Crippen molar-refractivity contribution < 1.29 is 109 Å². The average molecular weight is 2700 g/mol. The maximum Gasteiger partial charge on any atom is 0.133 e. The van der Waals surface area contributed by atoms with Crippen LogP contribution in [0.15, 0.2) is 249 Å². The Morgan fingerprint density at radius 3 is 0.838 bits per heavy atom. The fraction of sp³-hybridized carbons (Fsp3) is 0.293. The zero-order chi connectivity index (χ0) is 99.2. The maximum atomic E-state index is 8.01. The van der Waals surface area contributed by atoms with E-state index in [1.165, 1.54) is 90.6 Å². The summed E-state index contributed by atoms with van der Waals surface area (Å²) in [7, 11) is 0. The van der Waals surface area contributed by atoms with Gasteiger partial charge < -0.3 is 22.8 Å². The number of rotatable bonds is 14. The average Bonchev–Trinajstić information content (AvgIpc) is 1.36. The number of para-hydroxylation sites is 5. The summed E-state index contributed by atoms with van der Waals surface area (Å²) in [5, 5.41) is 45.4. The van der Waals surface area contributed by atoms with Crippen LogP contribution in [-0.4, -0.2) is 73.8 Å². The van der Waals surface area contributed by atoms with E-state index in [0.29, 0.717) is 17.2 Å². The van der Waals surface area contributed by atoms with Gasteiger partial charge in [0.1, 0.15) is 29.1 Å². The molecule has 0 aliphatic carbocycles. The molecule has 136 heavy (non-hydrogen) atoms. The molecule has 0 amide bonds. The molecule has 0 spiro atoms. The van der Waals surface area contributed by atoms with Crippen LogP contribution in [0.5, 0.6) is 0 Å². The molecule has 0 fully saturated rings. The third kappa shape index (κ3) is 25.2. The van der Waals surface area contributed by atoms with Gasteiger partial charge in [0.15, 0.2) is 0 Å². The Bertz CT molecular complexity index is 6990. The minimum Gasteiger partial charge on any atom is -0.319 e. The van der Waals surface area contributed by atoms with E-state index in [4.69, 9.17) is 8.22 Å². The SMILES string of the molecule is CCc1cccc(CC)c1-n1c(-c2[c-]cccc2)nnc1C(C)(C)C.Cc1cc[c-]c(-c2nnc(C(C)(C)C)n2-c2c(C)cccc2C)c1.Cc1cccc(C)c1-n1c(-c2[c-]ccc(-c3ccccc3)c2)nnc1C(C)(C)C.Cc1ccccc1-c1cc[c-]c(-c2nnc(C(C)(C)C)n2-c2c(C)cccc2C)c1.[2H]C([2H])([2H])c1cccc(C([2H])([2H])[2H])c1-n1c(-c2[c-]cccc2)nnc1C(C)(C)C.[Ir].[Ir].[Ir].[Ir].[Ir]. The van der Waals surface area contributed by atoms with Crippen LogP contribution in [0, 0.1) is 99.4 Å². The fourth-order valence-corrected chi connectivity index (χ4v) is 16.4. The van der Waals surface area contributed by atoms with Gasteiger partial charge in [0.05, 0.1) is 29.1 Å². The van der Waals surface area contributed by atoms with Gasteiger partial charge in [-0.05, 0) is 147 Å². The largest absolute Gasteiger partial charge is 0.319 e. The number of aryl methyl sites for hydroxylation is 12. The van der Waals surface area contributed by atoms with Crippen molar-refractivity contribution in [2.24, 2.45) is 0 Å². The molecule has 0 aliphatic heterocycles. The predicted octanol–water partition coefficient (Wildman–Crippen LogP) is 27.7. The summed E-state index contributed by atoms with van der Waals surface area (Å²) >= 11 is 0. The quantitative estimate of drug-likeness (QED) is 0.0961. The van der Waals surface area contributed by atoms with E-state index in [1.54, 1.807) is 22.8 Å². The minimum absolute atomic E-state index is 0. The number of benzene rings is 12. The normalized spacial score (nSPS) is 12.1. The molecule has 0 saturated carbocycles. The molecule has 715 valence electrons. The zero-order valence-electron chi connectivity index (χ0n) is 88.5. The molecule has 12 aromatic carbocycles. The predicted molar refractivity (Wildman–Crippen MR) is 539 cm³/mol. The summed E-state index contributed by atoms with van der Waals surface area (Å²) in [5.41, 5.74) is 25.1. The van der Waals surface area contributed by atoms with Crippen molar-refractivity contribution >= 4 is 0 Å². The first kappa shape index (κ1) is 101. The third-order valence-corrected chi connectivity index (χ3v) is 22.9. The Kier molecular flexibility index (Phi) is 35.3. The van der Waals surface area contributed by atoms with Crippen molar-refractivity contribution in [1.29, 1.82) is 0 Å². The first-order valence-electron chi connectivity index (χ1n) is 48.0. The maximum absolute atomic E-state index is 8.01. The number of hydrogen-bond donors (Lipinski definition) is 0. The van der Waals surface area contributed by atoms with Crippen LogP contribution in [-0.2, 0) is 140 Å². The summed E-state index contributed by atoms with van der Waals surface area (Å²) in [6, 6.07) is 99.0. The van der Waals surface area contributed by atoms with Crippen molar-refractivity contribution in [3.63, 3.8) is 0 Å². The van der Waals surface area contributed by atoms with Crippen LogP contribution in [0.3, 0.4) is 0 Å². The fourth-order valence-electron chi connectivity index (χ4n) is 16.4. The number of hydrogen-bond acceptors (Lipinski definition) is 10. The van der Waals surface area contributed by atoms with Crippen LogP contribution in [0.25, 0.3) is 108 Å². The van der Waals surface area contributed by atoms with Crippen LogP contribution >= 0.6 is 0 Å². The molecule has 17 aromatic rings. The Morgan fingerprint density at radius 1 is 0.243 bits per heavy atom. The Labute approximate surface area is 884 Å². The second-order valence-corrected chi connectivity index (χ2v) is 38.7. The van der Waals surface area contributed by atoms with E-state index in [1.807, 2.05) is 81.4 Å². The number of nitrogens with zero attached hydrogens (tertiary/aromatic N) is 15. The van der Waals surface area contributed by atoms with Crippen molar-refractivity contribution in [1.82, 2.24) is 73.8 Å². The van der Waals surface area contributed by atoms with Crippen LogP contribution in [0.1, 0.15) is 222 Å². The first-order chi connectivity index (χ1) is 64.7. The van der Waals surface area contributed by atoms with Gasteiger partial charge in [0.2, 0.25) is 0 Å². The number of aromatic nitrogens is 15. The van der Waals surface area contributed by atoms with Gasteiger partial charge in [0, 0.05) is 164 Å². The van der Waals surface area contributed by atoms with Gasteiger partial charge >= 0.3 is 0 Å². The molecular formula is C116H126Ir5N15-5. The van der Waals surface area contributed by atoms with Gasteiger partial charge in [-0.3, -0.25) is 0 Å². The second-order valence-electron chi connectivity index (χ2n) is 38.7. The molecule has 5 radical (unpaired) electrons. The molecule has 0 saturated heterocycles. The van der Waals surface area contributed by atoms with Gasteiger partial charge in [0.25, 0.3) is 0 Å². The zero-order valence-corrected chi connectivity index (χ0v) is 94.4. The summed E-state index contributed by atoms with van der Waals surface area (Å²) in [6.07, 6.45) is 1.95. The minimum atomic E-state index is -2.52. The van der Waals surface area contributed by atoms with Gasteiger partial charge in [-0.15, -0.1) is 203 Å². The molecule has 17 rings (SSSR count). The molecule has 0 bridgehead atoms. The van der Waals surface area contributed by atoms with Crippen molar-refractivity contribution in [2.75, 3.05) is 0 Å². The van der Waals surface area contributed by atoms with Crippen molar-refractivity contribution in [3.05, 3.63) is 375 Å². The molecule has 5 aromatic heterocycles. The third-order valence-electron chi connectivity index (χ3n) is 22.9.